The standard InChI is InChI=1S/C8H16.C8H10.2C2H6/c2*1-7-4-3-5-8(2)6-7;2*1-2/h7-8H,3-6H2,1-2H3;3-6H,1-2H3;2*1-2H3/t7-,8+;;;. The van der Waals surface area contributed by atoms with Gasteiger partial charge in [-0.2, -0.15) is 0 Å². The number of aryl methyl sites for hydroxylation is 2. The van der Waals surface area contributed by atoms with Gasteiger partial charge < -0.3 is 0 Å². The first-order valence-corrected chi connectivity index (χ1v) is 8.61. The lowest BCUT2D eigenvalue weighted by Crippen LogP contribution is -2.09. The summed E-state index contributed by atoms with van der Waals surface area (Å²) in [6.07, 6.45) is 5.90. The molecule has 1 aromatic rings. The van der Waals surface area contributed by atoms with E-state index in [9.17, 15) is 0 Å². The Kier molecular flexibility index (Phi) is 15.7. The molecule has 0 bridgehead atoms. The summed E-state index contributed by atoms with van der Waals surface area (Å²) in [4.78, 5) is 0. The molecule has 1 aliphatic carbocycles. The first-order chi connectivity index (χ1) is 9.58. The van der Waals surface area contributed by atoms with E-state index in [4.69, 9.17) is 0 Å². The predicted octanol–water partition coefficient (Wildman–Crippen LogP) is 7.19. The second kappa shape index (κ2) is 14.6. The Labute approximate surface area is 129 Å². The van der Waals surface area contributed by atoms with Crippen molar-refractivity contribution in [2.45, 2.75) is 81.1 Å². The zero-order valence-electron chi connectivity index (χ0n) is 15.3. The van der Waals surface area contributed by atoms with Gasteiger partial charge in [-0.05, 0) is 32.1 Å². The Morgan fingerprint density at radius 1 is 0.800 bits per heavy atom. The van der Waals surface area contributed by atoms with Crippen molar-refractivity contribution in [3.8, 4) is 0 Å². The summed E-state index contributed by atoms with van der Waals surface area (Å²) < 4.78 is 0. The molecule has 1 aliphatic rings. The molecule has 1 fully saturated rings. The molecule has 0 heteroatoms. The van der Waals surface area contributed by atoms with Gasteiger partial charge in [-0.1, -0.05) is 96.2 Å². The summed E-state index contributed by atoms with van der Waals surface area (Å²) in [5.41, 5.74) is 2.68. The van der Waals surface area contributed by atoms with Crippen LogP contribution >= 0.6 is 0 Å². The van der Waals surface area contributed by atoms with Gasteiger partial charge in [0.05, 0.1) is 0 Å². The van der Waals surface area contributed by atoms with Crippen LogP contribution in [-0.4, -0.2) is 0 Å². The molecule has 1 aromatic carbocycles. The molecule has 0 aromatic heterocycles. The SMILES string of the molecule is CC.CC.C[C@@H]1CCC[C@H](C)C1.Cc1cccc(C)c1. The third-order valence-electron chi connectivity index (χ3n) is 3.37. The third-order valence-corrected chi connectivity index (χ3v) is 3.37. The van der Waals surface area contributed by atoms with Gasteiger partial charge in [0.1, 0.15) is 0 Å². The van der Waals surface area contributed by atoms with E-state index < -0.39 is 0 Å². The fourth-order valence-corrected chi connectivity index (χ4v) is 2.54. The Hall–Kier alpha value is -0.780. The van der Waals surface area contributed by atoms with E-state index in [0.717, 1.165) is 11.8 Å². The monoisotopic (exact) mass is 278 g/mol. The van der Waals surface area contributed by atoms with Crippen LogP contribution in [-0.2, 0) is 0 Å². The van der Waals surface area contributed by atoms with Gasteiger partial charge in [-0.3, -0.25) is 0 Å². The Bertz CT molecular complexity index is 275. The molecular formula is C20H38. The van der Waals surface area contributed by atoms with Gasteiger partial charge in [0.25, 0.3) is 0 Å². The maximum absolute atomic E-state index is 2.37. The molecule has 0 unspecified atom stereocenters. The van der Waals surface area contributed by atoms with Crippen LogP contribution in [0.2, 0.25) is 0 Å². The van der Waals surface area contributed by atoms with E-state index in [1.54, 1.807) is 0 Å². The summed E-state index contributed by atoms with van der Waals surface area (Å²) in [6, 6.07) is 8.45. The molecule has 20 heavy (non-hydrogen) atoms. The lowest BCUT2D eigenvalue weighted by Gasteiger charge is -2.22. The molecule has 0 nitrogen and oxygen atoms in total. The molecule has 2 rings (SSSR count). The highest BCUT2D eigenvalue weighted by molar-refractivity contribution is 5.20. The van der Waals surface area contributed by atoms with Crippen molar-refractivity contribution in [2.24, 2.45) is 11.8 Å². The smallest absolute Gasteiger partial charge is 0.0398 e. The average Bonchev–Trinajstić information content (AvgIpc) is 2.43. The third kappa shape index (κ3) is 12.3. The van der Waals surface area contributed by atoms with Crippen LogP contribution in [0.3, 0.4) is 0 Å². The van der Waals surface area contributed by atoms with Crippen molar-refractivity contribution in [3.05, 3.63) is 35.4 Å². The second-order valence-electron chi connectivity index (χ2n) is 5.54. The molecule has 0 amide bonds. The minimum absolute atomic E-state index is 1.01. The van der Waals surface area contributed by atoms with E-state index in [2.05, 4.69) is 52.0 Å². The van der Waals surface area contributed by atoms with Gasteiger partial charge in [0.2, 0.25) is 0 Å². The Morgan fingerprint density at radius 2 is 1.20 bits per heavy atom. The summed E-state index contributed by atoms with van der Waals surface area (Å²) >= 11 is 0. The molecule has 0 saturated heterocycles. The van der Waals surface area contributed by atoms with Gasteiger partial charge in [-0.25, -0.2) is 0 Å². The van der Waals surface area contributed by atoms with Crippen molar-refractivity contribution >= 4 is 0 Å². The first kappa shape index (κ1) is 21.5. The fraction of sp³-hybridized carbons (Fsp3) is 0.700. The molecule has 0 heterocycles. The van der Waals surface area contributed by atoms with Crippen LogP contribution in [0.1, 0.15) is 78.4 Å². The largest absolute Gasteiger partial charge is 0.0683 e. The maximum atomic E-state index is 2.37. The highest BCUT2D eigenvalue weighted by Crippen LogP contribution is 2.27. The zero-order valence-corrected chi connectivity index (χ0v) is 15.3. The molecule has 2 atom stereocenters. The number of rotatable bonds is 0. The first-order valence-electron chi connectivity index (χ1n) is 8.61. The molecule has 0 N–H and O–H groups in total. The van der Waals surface area contributed by atoms with E-state index in [1.165, 1.54) is 36.8 Å². The van der Waals surface area contributed by atoms with Crippen molar-refractivity contribution in [1.82, 2.24) is 0 Å². The van der Waals surface area contributed by atoms with Crippen LogP contribution in [0, 0.1) is 25.7 Å². The van der Waals surface area contributed by atoms with Crippen molar-refractivity contribution in [1.29, 1.82) is 0 Å². The van der Waals surface area contributed by atoms with E-state index >= 15 is 0 Å². The molecule has 0 radical (unpaired) electrons. The van der Waals surface area contributed by atoms with E-state index in [1.807, 2.05) is 27.7 Å². The highest BCUT2D eigenvalue weighted by Gasteiger charge is 2.13. The van der Waals surface area contributed by atoms with Crippen LogP contribution in [0.5, 0.6) is 0 Å². The lowest BCUT2D eigenvalue weighted by atomic mass is 9.84. The topological polar surface area (TPSA) is 0 Å². The summed E-state index contributed by atoms with van der Waals surface area (Å²) in [7, 11) is 0. The molecule has 0 spiro atoms. The van der Waals surface area contributed by atoms with Gasteiger partial charge in [-0.15, -0.1) is 0 Å². The summed E-state index contributed by atoms with van der Waals surface area (Å²) in [5.74, 6) is 2.03. The number of hydrogen-bond donors (Lipinski definition) is 0. The van der Waals surface area contributed by atoms with Crippen LogP contribution in [0.4, 0.5) is 0 Å². The molecular weight excluding hydrogens is 240 g/mol. The lowest BCUT2D eigenvalue weighted by molar-refractivity contribution is 0.301. The van der Waals surface area contributed by atoms with Crippen molar-refractivity contribution < 1.29 is 0 Å². The Balaban J connectivity index is 0. The predicted molar refractivity (Wildman–Crippen MR) is 95.4 cm³/mol. The quantitative estimate of drug-likeness (QED) is 0.471. The number of benzene rings is 1. The summed E-state index contributed by atoms with van der Waals surface area (Å²) in [6.45, 7) is 16.9. The van der Waals surface area contributed by atoms with Gasteiger partial charge in [0, 0.05) is 0 Å². The van der Waals surface area contributed by atoms with Gasteiger partial charge >= 0.3 is 0 Å². The molecule has 1 saturated carbocycles. The molecule has 0 aliphatic heterocycles. The minimum Gasteiger partial charge on any atom is -0.0683 e. The number of hydrogen-bond acceptors (Lipinski definition) is 0. The fourth-order valence-electron chi connectivity index (χ4n) is 2.54. The second-order valence-corrected chi connectivity index (χ2v) is 5.54. The van der Waals surface area contributed by atoms with Crippen LogP contribution in [0.25, 0.3) is 0 Å². The van der Waals surface area contributed by atoms with Gasteiger partial charge in [0.15, 0.2) is 0 Å². The highest BCUT2D eigenvalue weighted by atomic mass is 14.2. The van der Waals surface area contributed by atoms with Crippen LogP contribution < -0.4 is 0 Å². The average molecular weight is 279 g/mol. The maximum Gasteiger partial charge on any atom is -0.0398 e. The van der Waals surface area contributed by atoms with E-state index in [-0.39, 0.29) is 0 Å². The zero-order chi connectivity index (χ0) is 16.0. The normalized spacial score (nSPS) is 20.2. The summed E-state index contributed by atoms with van der Waals surface area (Å²) in [5, 5.41) is 0. The Morgan fingerprint density at radius 3 is 1.40 bits per heavy atom. The minimum atomic E-state index is 1.01. The van der Waals surface area contributed by atoms with Crippen LogP contribution in [0.15, 0.2) is 24.3 Å². The van der Waals surface area contributed by atoms with Crippen molar-refractivity contribution in [3.63, 3.8) is 0 Å². The van der Waals surface area contributed by atoms with Crippen molar-refractivity contribution in [2.75, 3.05) is 0 Å². The molecule has 118 valence electrons. The van der Waals surface area contributed by atoms with E-state index in [0.29, 0.717) is 0 Å².